The average molecular weight is 504 g/mol. The van der Waals surface area contributed by atoms with Crippen LogP contribution in [0, 0.1) is 17.7 Å². The molecule has 192 valence electrons. The number of rotatable bonds is 5. The number of carbonyl (C=O) groups excluding carboxylic acids is 2. The zero-order valence-corrected chi connectivity index (χ0v) is 21.4. The van der Waals surface area contributed by atoms with E-state index in [2.05, 4.69) is 39.1 Å². The van der Waals surface area contributed by atoms with Crippen LogP contribution in [0.1, 0.15) is 67.3 Å². The highest BCUT2D eigenvalue weighted by molar-refractivity contribution is 6.01. The average Bonchev–Trinajstić information content (AvgIpc) is 3.46. The molecule has 1 saturated carbocycles. The van der Waals surface area contributed by atoms with Gasteiger partial charge in [-0.1, -0.05) is 12.5 Å². The van der Waals surface area contributed by atoms with Crippen LogP contribution >= 0.6 is 0 Å². The van der Waals surface area contributed by atoms with E-state index in [0.29, 0.717) is 30.5 Å². The summed E-state index contributed by atoms with van der Waals surface area (Å²) in [6.07, 6.45) is 5.17. The van der Waals surface area contributed by atoms with Crippen LogP contribution in [0.25, 0.3) is 11.0 Å². The molecule has 2 amide bonds. The minimum Gasteiger partial charge on any atom is -0.373 e. The highest BCUT2D eigenvalue weighted by atomic mass is 19.1. The van der Waals surface area contributed by atoms with Crippen LogP contribution in [0.3, 0.4) is 0 Å². The maximum atomic E-state index is 15.0. The second-order valence-electron chi connectivity index (χ2n) is 10.5. The van der Waals surface area contributed by atoms with Crippen molar-refractivity contribution in [1.29, 1.82) is 0 Å². The number of hydrogen-bond donors (Lipinski definition) is 2. The monoisotopic (exact) mass is 503 g/mol. The van der Waals surface area contributed by atoms with E-state index in [1.54, 1.807) is 29.0 Å². The van der Waals surface area contributed by atoms with Crippen molar-refractivity contribution >= 4 is 28.7 Å². The van der Waals surface area contributed by atoms with Crippen LogP contribution in [0.5, 0.6) is 0 Å². The molecule has 1 aliphatic heterocycles. The molecule has 3 aromatic rings. The third kappa shape index (κ3) is 4.69. The summed E-state index contributed by atoms with van der Waals surface area (Å²) < 4.78 is 18.7. The minimum absolute atomic E-state index is 0.137. The number of halogens is 1. The number of nitrogens with zero attached hydrogens (tertiary/aromatic N) is 5. The number of aromatic nitrogens is 4. The van der Waals surface area contributed by atoms with E-state index in [0.717, 1.165) is 18.4 Å². The molecule has 1 aromatic carbocycles. The van der Waals surface area contributed by atoms with Crippen LogP contribution in [0.4, 0.5) is 10.2 Å². The number of imidazole rings is 1. The predicted molar refractivity (Wildman–Crippen MR) is 139 cm³/mol. The number of hydrogen-bond acceptors (Lipinski definition) is 5. The van der Waals surface area contributed by atoms with Gasteiger partial charge in [-0.3, -0.25) is 9.59 Å². The van der Waals surface area contributed by atoms with Crippen LogP contribution in [-0.2, 0) is 4.79 Å². The smallest absolute Gasteiger partial charge is 0.258 e. The number of benzene rings is 1. The standard InChI is InChI=1S/C27H30FN7O2/c1-6-23(36)33-13-18(14-33)35-25(29-5)24(26(37)31-27(2,3)4)20(32-35)10-7-16-11-21-22(12-19(16)28)34(15-30-21)17-8-9-17/h6,11-12,15,17-18,29H,1,8-9,13-14H2,2-5H3,(H,31,37). The van der Waals surface area contributed by atoms with Gasteiger partial charge in [0.1, 0.15) is 17.2 Å². The SMILES string of the molecule is C=CC(=O)N1CC(n2nc(C#Cc3cc4ncn(C5CC5)c4cc3F)c(C(=O)NC(C)(C)C)c2NC)C1. The van der Waals surface area contributed by atoms with Gasteiger partial charge >= 0.3 is 0 Å². The molecule has 0 atom stereocenters. The van der Waals surface area contributed by atoms with E-state index < -0.39 is 11.4 Å². The summed E-state index contributed by atoms with van der Waals surface area (Å²) in [6.45, 7) is 10.1. The van der Waals surface area contributed by atoms with Crippen LogP contribution in [-0.4, -0.2) is 61.7 Å². The fourth-order valence-corrected chi connectivity index (χ4v) is 4.48. The molecule has 1 aliphatic carbocycles. The molecule has 10 heteroatoms. The van der Waals surface area contributed by atoms with Gasteiger partial charge in [-0.05, 0) is 51.7 Å². The first kappa shape index (κ1) is 24.6. The molecule has 0 radical (unpaired) electrons. The first-order valence-electron chi connectivity index (χ1n) is 12.3. The second kappa shape index (κ2) is 9.07. The Morgan fingerprint density at radius 3 is 2.54 bits per heavy atom. The van der Waals surface area contributed by atoms with E-state index in [1.165, 1.54) is 12.1 Å². The molecular weight excluding hydrogens is 473 g/mol. The summed E-state index contributed by atoms with van der Waals surface area (Å²) >= 11 is 0. The Labute approximate surface area is 214 Å². The van der Waals surface area contributed by atoms with Crippen LogP contribution in [0.15, 0.2) is 31.1 Å². The molecule has 5 rings (SSSR count). The first-order valence-corrected chi connectivity index (χ1v) is 12.3. The summed E-state index contributed by atoms with van der Waals surface area (Å²) in [5.74, 6) is 5.34. The third-order valence-electron chi connectivity index (χ3n) is 6.48. The summed E-state index contributed by atoms with van der Waals surface area (Å²) in [5, 5.41) is 10.7. The highest BCUT2D eigenvalue weighted by Crippen LogP contribution is 2.37. The zero-order chi connectivity index (χ0) is 26.5. The quantitative estimate of drug-likeness (QED) is 0.412. The Kier molecular flexibility index (Phi) is 6.02. The van der Waals surface area contributed by atoms with Gasteiger partial charge in [0, 0.05) is 37.8 Å². The maximum Gasteiger partial charge on any atom is 0.258 e. The van der Waals surface area contributed by atoms with Crippen molar-refractivity contribution in [2.24, 2.45) is 0 Å². The molecule has 2 fully saturated rings. The lowest BCUT2D eigenvalue weighted by Crippen LogP contribution is -2.50. The van der Waals surface area contributed by atoms with Crippen molar-refractivity contribution in [3.05, 3.63) is 53.8 Å². The largest absolute Gasteiger partial charge is 0.373 e. The van der Waals surface area contributed by atoms with E-state index in [9.17, 15) is 9.59 Å². The second-order valence-corrected chi connectivity index (χ2v) is 10.5. The fraction of sp³-hybridized carbons (Fsp3) is 0.407. The molecule has 2 N–H and O–H groups in total. The molecule has 9 nitrogen and oxygen atoms in total. The van der Waals surface area contributed by atoms with E-state index >= 15 is 4.39 Å². The van der Waals surface area contributed by atoms with Crippen molar-refractivity contribution in [1.82, 2.24) is 29.5 Å². The van der Waals surface area contributed by atoms with Crippen molar-refractivity contribution in [2.75, 3.05) is 25.5 Å². The van der Waals surface area contributed by atoms with Crippen molar-refractivity contribution in [3.63, 3.8) is 0 Å². The lowest BCUT2D eigenvalue weighted by Gasteiger charge is -2.39. The first-order chi connectivity index (χ1) is 17.6. The molecule has 0 bridgehead atoms. The van der Waals surface area contributed by atoms with Crippen molar-refractivity contribution in [3.8, 4) is 11.8 Å². The number of likely N-dealkylation sites (tertiary alicyclic amines) is 1. The van der Waals surface area contributed by atoms with Gasteiger partial charge in [0.2, 0.25) is 5.91 Å². The Balaban J connectivity index is 1.53. The fourth-order valence-electron chi connectivity index (χ4n) is 4.48. The third-order valence-corrected chi connectivity index (χ3v) is 6.48. The molecule has 37 heavy (non-hydrogen) atoms. The topological polar surface area (TPSA) is 97.1 Å². The summed E-state index contributed by atoms with van der Waals surface area (Å²) in [6, 6.07) is 3.35. The Morgan fingerprint density at radius 2 is 1.92 bits per heavy atom. The summed E-state index contributed by atoms with van der Waals surface area (Å²) in [7, 11) is 1.70. The summed E-state index contributed by atoms with van der Waals surface area (Å²) in [4.78, 5) is 31.3. The zero-order valence-electron chi connectivity index (χ0n) is 21.4. The van der Waals surface area contributed by atoms with Gasteiger partial charge in [-0.25, -0.2) is 14.1 Å². The molecule has 0 unspecified atom stereocenters. The van der Waals surface area contributed by atoms with Gasteiger partial charge in [0.05, 0.1) is 29.0 Å². The predicted octanol–water partition coefficient (Wildman–Crippen LogP) is 3.25. The minimum atomic E-state index is -0.490. The Morgan fingerprint density at radius 1 is 1.19 bits per heavy atom. The van der Waals surface area contributed by atoms with Gasteiger partial charge in [0.15, 0.2) is 5.69 Å². The lowest BCUT2D eigenvalue weighted by molar-refractivity contribution is -0.131. The lowest BCUT2D eigenvalue weighted by atomic mass is 10.1. The van der Waals surface area contributed by atoms with Gasteiger partial charge in [-0.15, -0.1) is 0 Å². The maximum absolute atomic E-state index is 15.0. The molecule has 0 spiro atoms. The summed E-state index contributed by atoms with van der Waals surface area (Å²) in [5.41, 5.74) is 1.62. The number of anilines is 1. The number of carbonyl (C=O) groups is 2. The van der Waals surface area contributed by atoms with Crippen LogP contribution < -0.4 is 10.6 Å². The highest BCUT2D eigenvalue weighted by Gasteiger charge is 2.35. The molecule has 1 saturated heterocycles. The normalized spacial score (nSPS) is 15.6. The molecule has 2 aromatic heterocycles. The molecule has 3 heterocycles. The van der Waals surface area contributed by atoms with Gasteiger partial charge in [0.25, 0.3) is 5.91 Å². The van der Waals surface area contributed by atoms with Gasteiger partial charge < -0.3 is 20.1 Å². The number of nitrogens with one attached hydrogen (secondary N) is 2. The van der Waals surface area contributed by atoms with Crippen molar-refractivity contribution < 1.29 is 14.0 Å². The molecular formula is C27H30FN7O2. The molecule has 2 aliphatic rings. The van der Waals surface area contributed by atoms with Gasteiger partial charge in [-0.2, -0.15) is 5.10 Å². The van der Waals surface area contributed by atoms with Crippen molar-refractivity contribution in [2.45, 2.75) is 51.2 Å². The number of fused-ring (bicyclic) bond motifs is 1. The van der Waals surface area contributed by atoms with Crippen LogP contribution in [0.2, 0.25) is 0 Å². The number of amides is 2. The van der Waals surface area contributed by atoms with E-state index in [-0.39, 0.29) is 34.7 Å². The van der Waals surface area contributed by atoms with E-state index in [1.807, 2.05) is 25.3 Å². The van der Waals surface area contributed by atoms with E-state index in [4.69, 9.17) is 0 Å². The Bertz CT molecular complexity index is 1470. The Hall–Kier alpha value is -4.13.